The van der Waals surface area contributed by atoms with Crippen LogP contribution in [0, 0.1) is 18.8 Å². The van der Waals surface area contributed by atoms with Crippen molar-refractivity contribution in [3.05, 3.63) is 11.8 Å². The third-order valence-corrected chi connectivity index (χ3v) is 5.95. The Hall–Kier alpha value is -1.45. The van der Waals surface area contributed by atoms with Crippen molar-refractivity contribution in [2.45, 2.75) is 26.8 Å². The monoisotopic (exact) mass is 356 g/mol. The minimum absolute atomic E-state index is 0.167. The van der Waals surface area contributed by atoms with Gasteiger partial charge in [0.15, 0.2) is 0 Å². The Labute approximate surface area is 144 Å². The standard InChI is InChI=1S/C15H28N6O2S/c1-10(2)12-8-21(9-13(12)19-24(22,23)20(5)6)15-17-11(3)7-14(16-4)18-15/h7,10,12-13,19H,8-9H2,1-6H3,(H,16,17,18)/t12-,13+/m0/s1. The summed E-state index contributed by atoms with van der Waals surface area (Å²) >= 11 is 0. The van der Waals surface area contributed by atoms with Crippen LogP contribution in [0.2, 0.25) is 0 Å². The highest BCUT2D eigenvalue weighted by molar-refractivity contribution is 7.87. The third-order valence-electron chi connectivity index (χ3n) is 4.38. The summed E-state index contributed by atoms with van der Waals surface area (Å²) in [6.45, 7) is 7.43. The summed E-state index contributed by atoms with van der Waals surface area (Å²) in [5.74, 6) is 1.94. The van der Waals surface area contributed by atoms with E-state index in [4.69, 9.17) is 0 Å². The van der Waals surface area contributed by atoms with E-state index in [0.717, 1.165) is 18.1 Å². The fourth-order valence-corrected chi connectivity index (χ4v) is 3.75. The first-order valence-electron chi connectivity index (χ1n) is 8.12. The van der Waals surface area contributed by atoms with Crippen molar-refractivity contribution < 1.29 is 8.42 Å². The molecule has 0 unspecified atom stereocenters. The van der Waals surface area contributed by atoms with Gasteiger partial charge in [-0.1, -0.05) is 13.8 Å². The van der Waals surface area contributed by atoms with E-state index in [1.54, 1.807) is 0 Å². The average Bonchev–Trinajstić information content (AvgIpc) is 2.89. The molecule has 0 radical (unpaired) electrons. The van der Waals surface area contributed by atoms with Gasteiger partial charge >= 0.3 is 0 Å². The minimum atomic E-state index is -3.47. The highest BCUT2D eigenvalue weighted by atomic mass is 32.2. The van der Waals surface area contributed by atoms with Crippen LogP contribution in [0.3, 0.4) is 0 Å². The molecular weight excluding hydrogens is 328 g/mol. The molecule has 1 aromatic rings. The number of nitrogens with zero attached hydrogens (tertiary/aromatic N) is 4. The van der Waals surface area contributed by atoms with E-state index in [2.05, 4.69) is 38.8 Å². The molecule has 2 atom stereocenters. The first-order chi connectivity index (χ1) is 11.1. The van der Waals surface area contributed by atoms with Gasteiger partial charge < -0.3 is 10.2 Å². The van der Waals surface area contributed by atoms with E-state index in [0.29, 0.717) is 18.4 Å². The second-order valence-electron chi connectivity index (χ2n) is 6.77. The number of hydrogen-bond donors (Lipinski definition) is 2. The molecule has 0 aromatic carbocycles. The molecule has 1 saturated heterocycles. The SMILES string of the molecule is CNc1cc(C)nc(N2C[C@@H](NS(=O)(=O)N(C)C)[C@H](C(C)C)C2)n1. The molecule has 8 nitrogen and oxygen atoms in total. The van der Waals surface area contributed by atoms with Crippen molar-refractivity contribution in [2.24, 2.45) is 11.8 Å². The predicted octanol–water partition coefficient (Wildman–Crippen LogP) is 0.684. The Morgan fingerprint density at radius 3 is 2.50 bits per heavy atom. The number of nitrogens with one attached hydrogen (secondary N) is 2. The summed E-state index contributed by atoms with van der Waals surface area (Å²) in [4.78, 5) is 11.1. The fourth-order valence-electron chi connectivity index (χ4n) is 2.91. The average molecular weight is 356 g/mol. The van der Waals surface area contributed by atoms with Crippen molar-refractivity contribution in [1.82, 2.24) is 19.0 Å². The molecule has 9 heteroatoms. The van der Waals surface area contributed by atoms with Crippen molar-refractivity contribution in [3.8, 4) is 0 Å². The molecule has 2 N–H and O–H groups in total. The maximum Gasteiger partial charge on any atom is 0.279 e. The van der Waals surface area contributed by atoms with Crippen LogP contribution in [0.15, 0.2) is 6.07 Å². The normalized spacial score (nSPS) is 21.8. The Morgan fingerprint density at radius 1 is 1.29 bits per heavy atom. The largest absolute Gasteiger partial charge is 0.373 e. The van der Waals surface area contributed by atoms with E-state index in [1.165, 1.54) is 18.4 Å². The van der Waals surface area contributed by atoms with Crippen molar-refractivity contribution >= 4 is 22.0 Å². The van der Waals surface area contributed by atoms with Gasteiger partial charge in [-0.05, 0) is 18.8 Å². The van der Waals surface area contributed by atoms with Crippen LogP contribution >= 0.6 is 0 Å². The summed E-state index contributed by atoms with van der Waals surface area (Å²) in [7, 11) is 1.41. The highest BCUT2D eigenvalue weighted by Gasteiger charge is 2.38. The molecule has 2 heterocycles. The quantitative estimate of drug-likeness (QED) is 0.779. The van der Waals surface area contributed by atoms with Crippen LogP contribution in [-0.4, -0.2) is 63.0 Å². The van der Waals surface area contributed by atoms with Crippen LogP contribution in [0.25, 0.3) is 0 Å². The lowest BCUT2D eigenvalue weighted by Gasteiger charge is -2.24. The Bertz CT molecular complexity index is 677. The molecule has 0 bridgehead atoms. The van der Waals surface area contributed by atoms with Gasteiger partial charge in [0.05, 0.1) is 0 Å². The molecule has 1 aromatic heterocycles. The van der Waals surface area contributed by atoms with E-state index in [9.17, 15) is 8.42 Å². The van der Waals surface area contributed by atoms with E-state index < -0.39 is 10.2 Å². The molecule has 136 valence electrons. The maximum absolute atomic E-state index is 12.2. The van der Waals surface area contributed by atoms with Gasteiger partial charge in [0.1, 0.15) is 5.82 Å². The number of rotatable bonds is 6. The minimum Gasteiger partial charge on any atom is -0.373 e. The summed E-state index contributed by atoms with van der Waals surface area (Å²) in [5.41, 5.74) is 0.878. The van der Waals surface area contributed by atoms with Gasteiger partial charge in [-0.2, -0.15) is 22.4 Å². The molecule has 0 saturated carbocycles. The van der Waals surface area contributed by atoms with Crippen LogP contribution in [0.4, 0.5) is 11.8 Å². The first-order valence-corrected chi connectivity index (χ1v) is 9.56. The van der Waals surface area contributed by atoms with E-state index >= 15 is 0 Å². The zero-order valence-corrected chi connectivity index (χ0v) is 16.1. The summed E-state index contributed by atoms with van der Waals surface area (Å²) in [6, 6.07) is 1.71. The van der Waals surface area contributed by atoms with Gasteiger partial charge in [0, 0.05) is 52.0 Å². The molecule has 0 aliphatic carbocycles. The molecule has 24 heavy (non-hydrogen) atoms. The molecule has 1 aliphatic heterocycles. The molecular formula is C15H28N6O2S. The second-order valence-corrected chi connectivity index (χ2v) is 8.69. The third kappa shape index (κ3) is 4.14. The van der Waals surface area contributed by atoms with Crippen LogP contribution < -0.4 is 14.9 Å². The van der Waals surface area contributed by atoms with E-state index in [1.807, 2.05) is 20.0 Å². The number of hydrogen-bond acceptors (Lipinski definition) is 6. The lowest BCUT2D eigenvalue weighted by atomic mass is 9.92. The lowest BCUT2D eigenvalue weighted by Crippen LogP contribution is -2.46. The number of aryl methyl sites for hydroxylation is 1. The smallest absolute Gasteiger partial charge is 0.279 e. The molecule has 1 fully saturated rings. The van der Waals surface area contributed by atoms with E-state index in [-0.39, 0.29) is 12.0 Å². The van der Waals surface area contributed by atoms with Gasteiger partial charge in [0.25, 0.3) is 10.2 Å². The highest BCUT2D eigenvalue weighted by Crippen LogP contribution is 2.28. The summed E-state index contributed by atoms with van der Waals surface area (Å²) < 4.78 is 28.4. The molecule has 0 amide bonds. The van der Waals surface area contributed by atoms with Crippen molar-refractivity contribution in [1.29, 1.82) is 0 Å². The molecule has 1 aliphatic rings. The van der Waals surface area contributed by atoms with Crippen LogP contribution in [-0.2, 0) is 10.2 Å². The first kappa shape index (κ1) is 18.9. The van der Waals surface area contributed by atoms with Gasteiger partial charge in [-0.3, -0.25) is 0 Å². The van der Waals surface area contributed by atoms with Crippen molar-refractivity contribution in [2.75, 3.05) is 44.4 Å². The maximum atomic E-state index is 12.2. The Morgan fingerprint density at radius 2 is 1.96 bits per heavy atom. The second kappa shape index (κ2) is 7.20. The number of anilines is 2. The predicted molar refractivity (Wildman–Crippen MR) is 96.4 cm³/mol. The summed E-state index contributed by atoms with van der Waals surface area (Å²) in [5, 5.41) is 3.03. The van der Waals surface area contributed by atoms with Crippen molar-refractivity contribution in [3.63, 3.8) is 0 Å². The van der Waals surface area contributed by atoms with Gasteiger partial charge in [-0.25, -0.2) is 4.98 Å². The molecule has 2 rings (SSSR count). The lowest BCUT2D eigenvalue weighted by molar-refractivity contribution is 0.358. The fraction of sp³-hybridized carbons (Fsp3) is 0.733. The van der Waals surface area contributed by atoms with Gasteiger partial charge in [-0.15, -0.1) is 0 Å². The van der Waals surface area contributed by atoms with Crippen LogP contribution in [0.1, 0.15) is 19.5 Å². The zero-order chi connectivity index (χ0) is 18.1. The van der Waals surface area contributed by atoms with Crippen LogP contribution in [0.5, 0.6) is 0 Å². The van der Waals surface area contributed by atoms with Gasteiger partial charge in [0.2, 0.25) is 5.95 Å². The Kier molecular flexibility index (Phi) is 5.67. The number of aromatic nitrogens is 2. The topological polar surface area (TPSA) is 90.5 Å². The molecule has 0 spiro atoms. The zero-order valence-electron chi connectivity index (χ0n) is 15.2. The summed E-state index contributed by atoms with van der Waals surface area (Å²) in [6.07, 6.45) is 0. The Balaban J connectivity index is 2.25.